The molecule has 0 bridgehead atoms. The van der Waals surface area contributed by atoms with Gasteiger partial charge >= 0.3 is 5.69 Å². The van der Waals surface area contributed by atoms with Gasteiger partial charge in [0.2, 0.25) is 5.82 Å². The first-order chi connectivity index (χ1) is 8.11. The van der Waals surface area contributed by atoms with E-state index in [2.05, 4.69) is 15.4 Å². The Morgan fingerprint density at radius 2 is 2.06 bits per heavy atom. The highest BCUT2D eigenvalue weighted by Gasteiger charge is 2.12. The zero-order valence-electron chi connectivity index (χ0n) is 8.90. The highest BCUT2D eigenvalue weighted by atomic mass is 35.5. The second kappa shape index (κ2) is 4.42. The van der Waals surface area contributed by atoms with E-state index in [0.29, 0.717) is 10.7 Å². The van der Waals surface area contributed by atoms with E-state index in [9.17, 15) is 9.59 Å². The van der Waals surface area contributed by atoms with Crippen LogP contribution in [0.4, 0.5) is 0 Å². The van der Waals surface area contributed by atoms with Gasteiger partial charge in [0.25, 0.3) is 5.91 Å². The quantitative estimate of drug-likeness (QED) is 0.820. The molecule has 0 aliphatic heterocycles. The molecule has 0 saturated carbocycles. The number of hydrogen-bond donors (Lipinski definition) is 2. The van der Waals surface area contributed by atoms with Crippen LogP contribution in [0.1, 0.15) is 10.6 Å². The predicted octanol–water partition coefficient (Wildman–Crippen LogP) is 0.574. The summed E-state index contributed by atoms with van der Waals surface area (Å²) in [6.07, 6.45) is 0. The van der Waals surface area contributed by atoms with E-state index in [1.165, 1.54) is 7.05 Å². The smallest absolute Gasteiger partial charge is 0.348 e. The van der Waals surface area contributed by atoms with Gasteiger partial charge in [-0.05, 0) is 24.3 Å². The number of aromatic nitrogens is 3. The van der Waals surface area contributed by atoms with Crippen molar-refractivity contribution in [2.75, 3.05) is 7.05 Å². The average Bonchev–Trinajstić information content (AvgIpc) is 2.71. The number of carbonyl (C=O) groups is 1. The Kier molecular flexibility index (Phi) is 2.97. The molecular formula is C10H9ClN4O2. The van der Waals surface area contributed by atoms with Crippen molar-refractivity contribution < 1.29 is 4.79 Å². The van der Waals surface area contributed by atoms with Crippen molar-refractivity contribution in [3.05, 3.63) is 45.6 Å². The van der Waals surface area contributed by atoms with E-state index in [4.69, 9.17) is 11.6 Å². The molecule has 2 rings (SSSR count). The number of H-pyrrole nitrogens is 1. The van der Waals surface area contributed by atoms with Gasteiger partial charge in [-0.3, -0.25) is 9.78 Å². The van der Waals surface area contributed by atoms with E-state index in [-0.39, 0.29) is 5.82 Å². The number of nitrogens with zero attached hydrogens (tertiary/aromatic N) is 2. The molecule has 0 radical (unpaired) electrons. The van der Waals surface area contributed by atoms with E-state index in [1.807, 2.05) is 0 Å². The van der Waals surface area contributed by atoms with Gasteiger partial charge in [0.1, 0.15) is 0 Å². The van der Waals surface area contributed by atoms with Gasteiger partial charge in [0, 0.05) is 12.1 Å². The lowest BCUT2D eigenvalue weighted by atomic mass is 10.3. The number of halogens is 1. The first kappa shape index (κ1) is 11.4. The molecule has 0 aliphatic carbocycles. The molecule has 2 N–H and O–H groups in total. The van der Waals surface area contributed by atoms with Crippen LogP contribution >= 0.6 is 11.6 Å². The minimum absolute atomic E-state index is 0.0348. The highest BCUT2D eigenvalue weighted by molar-refractivity contribution is 6.30. The molecule has 2 aromatic rings. The van der Waals surface area contributed by atoms with Crippen molar-refractivity contribution in [3.63, 3.8) is 0 Å². The van der Waals surface area contributed by atoms with E-state index in [1.54, 1.807) is 24.3 Å². The first-order valence-electron chi connectivity index (χ1n) is 4.79. The zero-order valence-corrected chi connectivity index (χ0v) is 9.65. The Balaban J connectivity index is 2.46. The number of amides is 1. The van der Waals surface area contributed by atoms with E-state index < -0.39 is 11.6 Å². The number of benzene rings is 1. The molecule has 0 saturated heterocycles. The predicted molar refractivity (Wildman–Crippen MR) is 62.6 cm³/mol. The van der Waals surface area contributed by atoms with Crippen LogP contribution in [0, 0.1) is 0 Å². The van der Waals surface area contributed by atoms with Crippen molar-refractivity contribution in [3.8, 4) is 5.69 Å². The maximum Gasteiger partial charge on any atom is 0.348 e. The third-order valence-corrected chi connectivity index (χ3v) is 2.38. The molecule has 0 fully saturated rings. The maximum absolute atomic E-state index is 11.6. The van der Waals surface area contributed by atoms with Gasteiger partial charge in [0.05, 0.1) is 5.69 Å². The summed E-state index contributed by atoms with van der Waals surface area (Å²) in [5, 5.41) is 6.81. The Labute approximate surface area is 101 Å². The van der Waals surface area contributed by atoms with Crippen LogP contribution in [0.15, 0.2) is 29.1 Å². The molecule has 1 aromatic carbocycles. The first-order valence-corrected chi connectivity index (χ1v) is 5.17. The lowest BCUT2D eigenvalue weighted by molar-refractivity contribution is 0.0953. The van der Waals surface area contributed by atoms with Crippen LogP contribution in [0.2, 0.25) is 5.02 Å². The van der Waals surface area contributed by atoms with Crippen LogP contribution < -0.4 is 11.0 Å². The average molecular weight is 253 g/mol. The summed E-state index contributed by atoms with van der Waals surface area (Å²) < 4.78 is 1.10. The van der Waals surface area contributed by atoms with Gasteiger partial charge in [-0.15, -0.1) is 5.10 Å². The summed E-state index contributed by atoms with van der Waals surface area (Å²) in [6, 6.07) is 6.55. The Morgan fingerprint density at radius 3 is 2.65 bits per heavy atom. The van der Waals surface area contributed by atoms with Gasteiger partial charge in [0.15, 0.2) is 0 Å². The number of aromatic amines is 1. The summed E-state index contributed by atoms with van der Waals surface area (Å²) >= 11 is 5.74. The molecule has 17 heavy (non-hydrogen) atoms. The molecule has 1 aromatic heterocycles. The number of hydrogen-bond acceptors (Lipinski definition) is 3. The molecular weight excluding hydrogens is 244 g/mol. The fraction of sp³-hybridized carbons (Fsp3) is 0.100. The lowest BCUT2D eigenvalue weighted by Crippen LogP contribution is -2.19. The van der Waals surface area contributed by atoms with Crippen molar-refractivity contribution in [2.45, 2.75) is 0 Å². The molecule has 1 heterocycles. The van der Waals surface area contributed by atoms with Gasteiger partial charge in [-0.2, -0.15) is 4.68 Å². The normalized spacial score (nSPS) is 10.2. The molecule has 0 unspecified atom stereocenters. The van der Waals surface area contributed by atoms with E-state index in [0.717, 1.165) is 4.68 Å². The highest BCUT2D eigenvalue weighted by Crippen LogP contribution is 2.11. The molecule has 0 aliphatic rings. The van der Waals surface area contributed by atoms with Crippen LogP contribution in [-0.2, 0) is 0 Å². The molecule has 7 heteroatoms. The SMILES string of the molecule is CNC(=O)c1nn(-c2ccc(Cl)cc2)c(=O)[nH]1. The number of nitrogens with one attached hydrogen (secondary N) is 2. The van der Waals surface area contributed by atoms with Crippen molar-refractivity contribution in [2.24, 2.45) is 0 Å². The minimum atomic E-state index is -0.481. The fourth-order valence-electron chi connectivity index (χ4n) is 1.30. The molecule has 0 atom stereocenters. The third-order valence-electron chi connectivity index (χ3n) is 2.13. The van der Waals surface area contributed by atoms with Crippen molar-refractivity contribution in [1.82, 2.24) is 20.1 Å². The monoisotopic (exact) mass is 252 g/mol. The van der Waals surface area contributed by atoms with Gasteiger partial charge in [-0.1, -0.05) is 11.6 Å². The Morgan fingerprint density at radius 1 is 1.41 bits per heavy atom. The number of carbonyl (C=O) groups excluding carboxylic acids is 1. The van der Waals surface area contributed by atoms with Gasteiger partial charge < -0.3 is 5.32 Å². The molecule has 1 amide bonds. The Bertz CT molecular complexity index is 600. The van der Waals surface area contributed by atoms with Crippen LogP contribution in [0.3, 0.4) is 0 Å². The summed E-state index contributed by atoms with van der Waals surface area (Å²) in [5.74, 6) is -0.484. The van der Waals surface area contributed by atoms with Crippen molar-refractivity contribution >= 4 is 17.5 Å². The van der Waals surface area contributed by atoms with Crippen molar-refractivity contribution in [1.29, 1.82) is 0 Å². The molecule has 88 valence electrons. The Hall–Kier alpha value is -2.08. The molecule has 0 spiro atoms. The second-order valence-electron chi connectivity index (χ2n) is 3.25. The summed E-state index contributed by atoms with van der Waals surface area (Å²) in [6.45, 7) is 0. The van der Waals surface area contributed by atoms with Gasteiger partial charge in [-0.25, -0.2) is 4.79 Å². The standard InChI is InChI=1S/C10H9ClN4O2/c1-12-9(16)8-13-10(17)15(14-8)7-4-2-6(11)3-5-7/h2-5H,1H3,(H,12,16)(H,13,14,17). The minimum Gasteiger partial charge on any atom is -0.352 e. The maximum atomic E-state index is 11.6. The summed E-state index contributed by atoms with van der Waals surface area (Å²) in [5.41, 5.74) is 0.0525. The van der Waals surface area contributed by atoms with Crippen LogP contribution in [0.5, 0.6) is 0 Å². The van der Waals surface area contributed by atoms with Crippen LogP contribution in [-0.4, -0.2) is 27.7 Å². The summed E-state index contributed by atoms with van der Waals surface area (Å²) in [4.78, 5) is 25.2. The zero-order chi connectivity index (χ0) is 12.4. The second-order valence-corrected chi connectivity index (χ2v) is 3.68. The molecule has 6 nitrogen and oxygen atoms in total. The topological polar surface area (TPSA) is 79.8 Å². The fourth-order valence-corrected chi connectivity index (χ4v) is 1.43. The summed E-state index contributed by atoms with van der Waals surface area (Å²) in [7, 11) is 1.46. The lowest BCUT2D eigenvalue weighted by Gasteiger charge is -1.98. The third kappa shape index (κ3) is 2.21. The van der Waals surface area contributed by atoms with E-state index >= 15 is 0 Å². The number of rotatable bonds is 2. The largest absolute Gasteiger partial charge is 0.352 e. The van der Waals surface area contributed by atoms with Crippen LogP contribution in [0.25, 0.3) is 5.69 Å².